The van der Waals surface area contributed by atoms with E-state index in [1.165, 1.54) is 12.8 Å². The van der Waals surface area contributed by atoms with E-state index >= 15 is 0 Å². The molecule has 1 aliphatic rings. The zero-order chi connectivity index (χ0) is 9.26. The second kappa shape index (κ2) is 3.46. The molecule has 13 heavy (non-hydrogen) atoms. The Morgan fingerprint density at radius 1 is 1.77 bits per heavy atom. The van der Waals surface area contributed by atoms with Crippen molar-refractivity contribution in [2.24, 2.45) is 5.92 Å². The van der Waals surface area contributed by atoms with Gasteiger partial charge < -0.3 is 5.11 Å². The molecular formula is C9H11NO2S. The number of rotatable bonds is 4. The van der Waals surface area contributed by atoms with Crippen LogP contribution in [0.2, 0.25) is 0 Å². The molecule has 1 aliphatic carbocycles. The summed E-state index contributed by atoms with van der Waals surface area (Å²) in [5, 5.41) is 8.74. The summed E-state index contributed by atoms with van der Waals surface area (Å²) in [7, 11) is 0. The molecule has 1 aromatic rings. The van der Waals surface area contributed by atoms with Gasteiger partial charge in [-0.1, -0.05) is 0 Å². The third-order valence-electron chi connectivity index (χ3n) is 2.40. The summed E-state index contributed by atoms with van der Waals surface area (Å²) < 4.78 is 0. The van der Waals surface area contributed by atoms with Gasteiger partial charge in [-0.3, -0.25) is 9.78 Å². The lowest BCUT2D eigenvalue weighted by molar-refractivity contribution is -0.137. The maximum Gasteiger partial charge on any atom is 0.304 e. The highest BCUT2D eigenvalue weighted by Crippen LogP contribution is 2.45. The predicted octanol–water partition coefficient (Wildman–Crippen LogP) is 2.11. The minimum absolute atomic E-state index is 0.213. The first-order valence-electron chi connectivity index (χ1n) is 4.37. The van der Waals surface area contributed by atoms with Gasteiger partial charge in [0, 0.05) is 17.0 Å². The molecule has 1 aromatic heterocycles. The van der Waals surface area contributed by atoms with Gasteiger partial charge in [-0.25, -0.2) is 0 Å². The first-order chi connectivity index (χ1) is 6.27. The van der Waals surface area contributed by atoms with Crippen molar-refractivity contribution in [3.8, 4) is 0 Å². The third kappa shape index (κ3) is 2.06. The molecule has 0 spiro atoms. The van der Waals surface area contributed by atoms with E-state index in [1.54, 1.807) is 23.0 Å². The Labute approximate surface area is 80.4 Å². The Kier molecular flexibility index (Phi) is 2.31. The monoisotopic (exact) mass is 197 g/mol. The van der Waals surface area contributed by atoms with Crippen molar-refractivity contribution < 1.29 is 9.90 Å². The van der Waals surface area contributed by atoms with Crippen LogP contribution < -0.4 is 0 Å². The van der Waals surface area contributed by atoms with E-state index in [9.17, 15) is 4.79 Å². The van der Waals surface area contributed by atoms with E-state index in [0.29, 0.717) is 5.92 Å². The fourth-order valence-electron chi connectivity index (χ4n) is 1.60. The molecule has 0 aliphatic heterocycles. The number of nitrogens with zero attached hydrogens (tertiary/aromatic N) is 1. The van der Waals surface area contributed by atoms with Gasteiger partial charge >= 0.3 is 5.97 Å². The van der Waals surface area contributed by atoms with Gasteiger partial charge in [-0.2, -0.15) is 0 Å². The number of aliphatic carboxylic acids is 1. The highest BCUT2D eigenvalue weighted by molar-refractivity contribution is 7.09. The van der Waals surface area contributed by atoms with Crippen LogP contribution in [0.4, 0.5) is 0 Å². The molecule has 1 atom stereocenters. The summed E-state index contributed by atoms with van der Waals surface area (Å²) in [4.78, 5) is 15.7. The standard InChI is InChI=1S/C9H11NO2S/c11-9(12)3-7(6-1-2-6)8-4-10-5-13-8/h4-7H,1-3H2,(H,11,12)/t7-/m0/s1. The quantitative estimate of drug-likeness (QED) is 0.804. The number of carbonyl (C=O) groups is 1. The van der Waals surface area contributed by atoms with Crippen LogP contribution in [0.3, 0.4) is 0 Å². The van der Waals surface area contributed by atoms with Crippen LogP contribution in [0.15, 0.2) is 11.7 Å². The number of aromatic nitrogens is 1. The van der Waals surface area contributed by atoms with E-state index in [0.717, 1.165) is 4.88 Å². The predicted molar refractivity (Wildman–Crippen MR) is 49.8 cm³/mol. The van der Waals surface area contributed by atoms with Gasteiger partial charge in [-0.15, -0.1) is 11.3 Å². The summed E-state index contributed by atoms with van der Waals surface area (Å²) in [5.74, 6) is 0.104. The molecule has 0 saturated heterocycles. The smallest absolute Gasteiger partial charge is 0.304 e. The maximum atomic E-state index is 10.6. The number of hydrogen-bond donors (Lipinski definition) is 1. The largest absolute Gasteiger partial charge is 0.481 e. The SMILES string of the molecule is O=C(O)C[C@H](c1cncs1)C1CC1. The molecule has 1 saturated carbocycles. The highest BCUT2D eigenvalue weighted by Gasteiger charge is 2.34. The molecule has 1 heterocycles. The van der Waals surface area contributed by atoms with E-state index in [1.807, 2.05) is 0 Å². The van der Waals surface area contributed by atoms with Crippen molar-refractivity contribution in [3.05, 3.63) is 16.6 Å². The van der Waals surface area contributed by atoms with Crippen LogP contribution in [-0.4, -0.2) is 16.1 Å². The first kappa shape index (κ1) is 8.69. The molecular weight excluding hydrogens is 186 g/mol. The van der Waals surface area contributed by atoms with E-state index in [-0.39, 0.29) is 12.3 Å². The molecule has 2 rings (SSSR count). The Balaban J connectivity index is 2.09. The molecule has 4 heteroatoms. The highest BCUT2D eigenvalue weighted by atomic mass is 32.1. The van der Waals surface area contributed by atoms with Gasteiger partial charge in [0.2, 0.25) is 0 Å². The second-order valence-corrected chi connectivity index (χ2v) is 4.36. The van der Waals surface area contributed by atoms with E-state index in [2.05, 4.69) is 4.98 Å². The van der Waals surface area contributed by atoms with Crippen LogP contribution in [-0.2, 0) is 4.79 Å². The molecule has 0 aromatic carbocycles. The fourth-order valence-corrected chi connectivity index (χ4v) is 2.41. The Bertz CT molecular complexity index is 293. The Morgan fingerprint density at radius 2 is 2.54 bits per heavy atom. The average Bonchev–Trinajstić information content (AvgIpc) is 2.77. The van der Waals surface area contributed by atoms with Crippen molar-refractivity contribution in [3.63, 3.8) is 0 Å². The molecule has 1 fully saturated rings. The lowest BCUT2D eigenvalue weighted by atomic mass is 9.99. The summed E-state index contributed by atoms with van der Waals surface area (Å²) >= 11 is 1.57. The van der Waals surface area contributed by atoms with Crippen molar-refractivity contribution in [2.45, 2.75) is 25.2 Å². The van der Waals surface area contributed by atoms with E-state index in [4.69, 9.17) is 5.11 Å². The van der Waals surface area contributed by atoms with Crippen molar-refractivity contribution in [2.75, 3.05) is 0 Å². The van der Waals surface area contributed by atoms with Crippen molar-refractivity contribution in [1.29, 1.82) is 0 Å². The molecule has 0 amide bonds. The van der Waals surface area contributed by atoms with E-state index < -0.39 is 5.97 Å². The van der Waals surface area contributed by atoms with Gasteiger partial charge in [0.15, 0.2) is 0 Å². The second-order valence-electron chi connectivity index (χ2n) is 3.45. The maximum absolute atomic E-state index is 10.6. The van der Waals surface area contributed by atoms with Crippen LogP contribution in [0.1, 0.15) is 30.1 Å². The molecule has 0 bridgehead atoms. The third-order valence-corrected chi connectivity index (χ3v) is 3.31. The van der Waals surface area contributed by atoms with Gasteiger partial charge in [0.1, 0.15) is 0 Å². The molecule has 1 N–H and O–H groups in total. The number of carboxylic acids is 1. The summed E-state index contributed by atoms with van der Waals surface area (Å²) in [5.41, 5.74) is 1.77. The topological polar surface area (TPSA) is 50.2 Å². The molecule has 0 radical (unpaired) electrons. The lowest BCUT2D eigenvalue weighted by Gasteiger charge is -2.09. The number of carboxylic acid groups (broad SMARTS) is 1. The van der Waals surface area contributed by atoms with Crippen molar-refractivity contribution >= 4 is 17.3 Å². The van der Waals surface area contributed by atoms with Crippen LogP contribution in [0.25, 0.3) is 0 Å². The number of hydrogen-bond acceptors (Lipinski definition) is 3. The Hall–Kier alpha value is -0.900. The summed E-state index contributed by atoms with van der Waals surface area (Å²) in [6, 6.07) is 0. The van der Waals surface area contributed by atoms with Crippen LogP contribution in [0.5, 0.6) is 0 Å². The summed E-state index contributed by atoms with van der Waals surface area (Å²) in [6.07, 6.45) is 4.41. The van der Waals surface area contributed by atoms with Gasteiger partial charge in [0.05, 0.1) is 11.9 Å². The lowest BCUT2D eigenvalue weighted by Crippen LogP contribution is -2.06. The minimum Gasteiger partial charge on any atom is -0.481 e. The Morgan fingerprint density at radius 3 is 3.00 bits per heavy atom. The zero-order valence-corrected chi connectivity index (χ0v) is 7.96. The van der Waals surface area contributed by atoms with Gasteiger partial charge in [0.25, 0.3) is 0 Å². The van der Waals surface area contributed by atoms with Gasteiger partial charge in [-0.05, 0) is 18.8 Å². The minimum atomic E-state index is -0.703. The van der Waals surface area contributed by atoms with Crippen molar-refractivity contribution in [1.82, 2.24) is 4.98 Å². The molecule has 70 valence electrons. The normalized spacial score (nSPS) is 18.5. The molecule has 3 nitrogen and oxygen atoms in total. The average molecular weight is 197 g/mol. The summed E-state index contributed by atoms with van der Waals surface area (Å²) in [6.45, 7) is 0. The number of thiazole rings is 1. The molecule has 0 unspecified atom stereocenters. The van der Waals surface area contributed by atoms with Crippen LogP contribution in [0, 0.1) is 5.92 Å². The van der Waals surface area contributed by atoms with Crippen LogP contribution >= 0.6 is 11.3 Å². The fraction of sp³-hybridized carbons (Fsp3) is 0.556. The first-order valence-corrected chi connectivity index (χ1v) is 5.25. The zero-order valence-electron chi connectivity index (χ0n) is 7.14.